The van der Waals surface area contributed by atoms with Crippen LogP contribution in [0.1, 0.15) is 22.6 Å². The van der Waals surface area contributed by atoms with Crippen molar-refractivity contribution < 1.29 is 9.59 Å². The summed E-state index contributed by atoms with van der Waals surface area (Å²) in [5, 5.41) is 6.49. The van der Waals surface area contributed by atoms with Gasteiger partial charge in [-0.3, -0.25) is 9.59 Å². The molecule has 2 aliphatic heterocycles. The number of amides is 2. The number of para-hydroxylation sites is 1. The van der Waals surface area contributed by atoms with Crippen molar-refractivity contribution in [3.63, 3.8) is 0 Å². The van der Waals surface area contributed by atoms with Crippen molar-refractivity contribution in [2.45, 2.75) is 18.4 Å². The minimum absolute atomic E-state index is 0. The summed E-state index contributed by atoms with van der Waals surface area (Å²) in [5.41, 5.74) is 9.31. The molecule has 4 N–H and O–H groups in total. The van der Waals surface area contributed by atoms with Gasteiger partial charge in [-0.2, -0.15) is 0 Å². The molecule has 0 radical (unpaired) electrons. The van der Waals surface area contributed by atoms with Gasteiger partial charge in [-0.25, -0.2) is 5.43 Å². The molecule has 3 aromatic carbocycles. The topological polar surface area (TPSA) is 82.3 Å². The molecule has 8 heteroatoms. The van der Waals surface area contributed by atoms with E-state index in [1.165, 1.54) is 0 Å². The molecule has 2 heterocycles. The lowest BCUT2D eigenvalue weighted by molar-refractivity contribution is -0.152. The Morgan fingerprint density at radius 2 is 1.73 bits per heavy atom. The van der Waals surface area contributed by atoms with Crippen LogP contribution in [0.5, 0.6) is 0 Å². The minimum Gasteiger partial charge on any atom is -0.358 e. The number of benzene rings is 3. The number of carbonyl (C=O) groups is 2. The molecule has 3 aromatic rings. The second kappa shape index (κ2) is 11.4. The number of anilines is 1. The van der Waals surface area contributed by atoms with E-state index in [1.807, 2.05) is 54.6 Å². The van der Waals surface area contributed by atoms with Gasteiger partial charge in [0.2, 0.25) is 11.8 Å². The molecule has 4 unspecified atom stereocenters. The predicted molar refractivity (Wildman–Crippen MR) is 151 cm³/mol. The second-order valence-electron chi connectivity index (χ2n) is 9.35. The van der Waals surface area contributed by atoms with Crippen LogP contribution in [0.2, 0.25) is 5.02 Å². The number of halogens is 2. The van der Waals surface area contributed by atoms with Gasteiger partial charge < -0.3 is 16.1 Å². The van der Waals surface area contributed by atoms with Gasteiger partial charge in [-0.15, -0.1) is 12.4 Å². The highest BCUT2D eigenvalue weighted by Crippen LogP contribution is 2.47. The van der Waals surface area contributed by atoms with Crippen LogP contribution in [-0.4, -0.2) is 31.4 Å². The molecule has 1 saturated heterocycles. The van der Waals surface area contributed by atoms with E-state index in [4.69, 9.17) is 11.6 Å². The molecule has 0 aromatic heterocycles. The van der Waals surface area contributed by atoms with Gasteiger partial charge in [-0.05, 0) is 41.3 Å². The van der Waals surface area contributed by atoms with Crippen molar-refractivity contribution in [1.82, 2.24) is 16.1 Å². The van der Waals surface area contributed by atoms with Crippen LogP contribution in [0.25, 0.3) is 6.08 Å². The number of piperidine rings is 1. The van der Waals surface area contributed by atoms with Crippen molar-refractivity contribution in [3.05, 3.63) is 107 Å². The molecular formula is C29H30Cl2N4O2. The summed E-state index contributed by atoms with van der Waals surface area (Å²) in [4.78, 5) is 27.7. The number of hydrazine groups is 1. The Labute approximate surface area is 228 Å². The third-order valence-electron chi connectivity index (χ3n) is 7.35. The van der Waals surface area contributed by atoms with E-state index < -0.39 is 11.3 Å². The molecule has 0 aliphatic carbocycles. The summed E-state index contributed by atoms with van der Waals surface area (Å²) in [7, 11) is 1.59. The monoisotopic (exact) mass is 536 g/mol. The van der Waals surface area contributed by atoms with Gasteiger partial charge in [0, 0.05) is 36.5 Å². The third-order valence-corrected chi connectivity index (χ3v) is 7.60. The standard InChI is InChI=1S/C29H29ClN4O2.ClH/c1-31-27(35)29(17-19-11-14-22(30)15-12-19)26(23(18-32-28(29)36)20-7-3-2-4-8-20)25-16-13-21-9-5-6-10-24(21)33-34-25;/h2-16,23,25-26,33-34H,17-18H2,1H3,(H,31,35)(H,32,36);1H. The number of fused-ring (bicyclic) bond motifs is 1. The van der Waals surface area contributed by atoms with Crippen molar-refractivity contribution in [2.75, 3.05) is 19.0 Å². The first kappa shape index (κ1) is 26.7. The number of hydrogen-bond acceptors (Lipinski definition) is 4. The summed E-state index contributed by atoms with van der Waals surface area (Å²) < 4.78 is 0. The van der Waals surface area contributed by atoms with Gasteiger partial charge in [0.25, 0.3) is 0 Å². The lowest BCUT2D eigenvalue weighted by atomic mass is 9.58. The van der Waals surface area contributed by atoms with Crippen LogP contribution >= 0.6 is 24.0 Å². The lowest BCUT2D eigenvalue weighted by Crippen LogP contribution is -2.66. The number of carbonyl (C=O) groups excluding carboxylic acids is 2. The first-order valence-electron chi connectivity index (χ1n) is 12.1. The number of rotatable bonds is 5. The van der Waals surface area contributed by atoms with Gasteiger partial charge in [0.05, 0.1) is 5.69 Å². The Bertz CT molecular complexity index is 1270. The van der Waals surface area contributed by atoms with Crippen molar-refractivity contribution >= 4 is 47.6 Å². The molecule has 5 rings (SSSR count). The SMILES string of the molecule is CNC(=O)C1(Cc2ccc(Cl)cc2)C(=O)NCC(c2ccccc2)C1C1C=Cc2ccccc2NN1.Cl. The Hall–Kier alpha value is -3.32. The molecule has 0 bridgehead atoms. The summed E-state index contributed by atoms with van der Waals surface area (Å²) in [6.45, 7) is 0.436. The summed E-state index contributed by atoms with van der Waals surface area (Å²) in [6.07, 6.45) is 4.36. The number of hydrogen-bond donors (Lipinski definition) is 4. The van der Waals surface area contributed by atoms with E-state index >= 15 is 0 Å². The summed E-state index contributed by atoms with van der Waals surface area (Å²) >= 11 is 6.14. The summed E-state index contributed by atoms with van der Waals surface area (Å²) in [5.74, 6) is -1.09. The quantitative estimate of drug-likeness (QED) is 0.360. The fourth-order valence-corrected chi connectivity index (χ4v) is 5.75. The average molecular weight is 537 g/mol. The Morgan fingerprint density at radius 3 is 2.46 bits per heavy atom. The van der Waals surface area contributed by atoms with Crippen LogP contribution in [0, 0.1) is 11.3 Å². The van der Waals surface area contributed by atoms with Gasteiger partial charge >= 0.3 is 0 Å². The number of nitrogens with one attached hydrogen (secondary N) is 4. The zero-order valence-corrected chi connectivity index (χ0v) is 22.0. The molecule has 6 nitrogen and oxygen atoms in total. The van der Waals surface area contributed by atoms with Gasteiger partial charge in [0.15, 0.2) is 0 Å². The molecule has 4 atom stereocenters. The van der Waals surface area contributed by atoms with Crippen molar-refractivity contribution in [3.8, 4) is 0 Å². The fraction of sp³-hybridized carbons (Fsp3) is 0.241. The zero-order valence-electron chi connectivity index (χ0n) is 20.4. The normalized spacial score (nSPS) is 24.5. The molecule has 192 valence electrons. The minimum atomic E-state index is -1.37. The Kier molecular flexibility index (Phi) is 8.22. The fourth-order valence-electron chi connectivity index (χ4n) is 5.63. The average Bonchev–Trinajstić information content (AvgIpc) is 3.13. The van der Waals surface area contributed by atoms with E-state index in [0.29, 0.717) is 11.6 Å². The smallest absolute Gasteiger partial charge is 0.236 e. The third kappa shape index (κ3) is 5.10. The van der Waals surface area contributed by atoms with Crippen LogP contribution in [0.15, 0.2) is 84.9 Å². The highest BCUT2D eigenvalue weighted by atomic mass is 35.5. The van der Waals surface area contributed by atoms with Crippen LogP contribution < -0.4 is 21.5 Å². The predicted octanol–water partition coefficient (Wildman–Crippen LogP) is 4.58. The lowest BCUT2D eigenvalue weighted by Gasteiger charge is -2.48. The van der Waals surface area contributed by atoms with E-state index in [1.54, 1.807) is 19.2 Å². The second-order valence-corrected chi connectivity index (χ2v) is 9.78. The molecule has 0 spiro atoms. The maximum atomic E-state index is 13.9. The van der Waals surface area contributed by atoms with E-state index in [0.717, 1.165) is 22.4 Å². The van der Waals surface area contributed by atoms with E-state index in [2.05, 4.69) is 45.8 Å². The molecule has 2 aliphatic rings. The van der Waals surface area contributed by atoms with Crippen LogP contribution in [-0.2, 0) is 16.0 Å². The molecular weight excluding hydrogens is 507 g/mol. The maximum Gasteiger partial charge on any atom is 0.236 e. The van der Waals surface area contributed by atoms with Crippen molar-refractivity contribution in [1.29, 1.82) is 0 Å². The van der Waals surface area contributed by atoms with E-state index in [9.17, 15) is 9.59 Å². The Morgan fingerprint density at radius 1 is 1.03 bits per heavy atom. The van der Waals surface area contributed by atoms with Crippen LogP contribution in [0.4, 0.5) is 5.69 Å². The highest BCUT2D eigenvalue weighted by molar-refractivity contribution is 6.30. The Balaban J connectivity index is 0.00000320. The first-order valence-corrected chi connectivity index (χ1v) is 12.5. The molecule has 1 fully saturated rings. The first-order chi connectivity index (χ1) is 17.5. The maximum absolute atomic E-state index is 13.9. The van der Waals surface area contributed by atoms with E-state index in [-0.39, 0.29) is 42.6 Å². The zero-order chi connectivity index (χ0) is 25.1. The molecule has 0 saturated carbocycles. The van der Waals surface area contributed by atoms with Gasteiger partial charge in [-0.1, -0.05) is 84.4 Å². The van der Waals surface area contributed by atoms with Gasteiger partial charge in [0.1, 0.15) is 5.41 Å². The van der Waals surface area contributed by atoms with Crippen LogP contribution in [0.3, 0.4) is 0 Å². The largest absolute Gasteiger partial charge is 0.358 e. The molecule has 2 amide bonds. The van der Waals surface area contributed by atoms with Crippen molar-refractivity contribution in [2.24, 2.45) is 11.3 Å². The molecule has 37 heavy (non-hydrogen) atoms. The summed E-state index contributed by atoms with van der Waals surface area (Å²) in [6, 6.07) is 25.1. The highest BCUT2D eigenvalue weighted by Gasteiger charge is 2.59.